The number of carbonyl (C=O) groups excluding carboxylic acids is 1. The first kappa shape index (κ1) is 18.5. The lowest BCUT2D eigenvalue weighted by Crippen LogP contribution is -2.18. The van der Waals surface area contributed by atoms with Crippen LogP contribution in [0.2, 0.25) is 0 Å². The van der Waals surface area contributed by atoms with E-state index in [1.807, 2.05) is 35.0 Å². The number of nitrogens with one attached hydrogen (secondary N) is 1. The standard InChI is InChI=1S/C19H17N3O4S2/c1-26-13-3-6-16-12(9-13)7-8-22(16)11-18(23)21-19-20-15-5-4-14(28(2,24)25)10-17(15)27-19/h3-10H,11H2,1-2H3,(H,20,21,23). The number of ether oxygens (including phenoxy) is 1. The quantitative estimate of drug-likeness (QED) is 0.540. The third-order valence-corrected chi connectivity index (χ3v) is 6.37. The van der Waals surface area contributed by atoms with Gasteiger partial charge in [-0.25, -0.2) is 13.4 Å². The molecule has 4 rings (SSSR count). The van der Waals surface area contributed by atoms with Crippen molar-refractivity contribution in [1.82, 2.24) is 9.55 Å². The first-order valence-corrected chi connectivity index (χ1v) is 11.1. The zero-order valence-corrected chi connectivity index (χ0v) is 16.8. The highest BCUT2D eigenvalue weighted by molar-refractivity contribution is 7.90. The fraction of sp³-hybridized carbons (Fsp3) is 0.158. The Morgan fingerprint density at radius 3 is 2.79 bits per heavy atom. The van der Waals surface area contributed by atoms with Crippen LogP contribution in [0.1, 0.15) is 0 Å². The van der Waals surface area contributed by atoms with Crippen molar-refractivity contribution in [1.29, 1.82) is 0 Å². The van der Waals surface area contributed by atoms with Gasteiger partial charge in [0.1, 0.15) is 12.3 Å². The Kier molecular flexibility index (Phi) is 4.56. The number of hydrogen-bond donors (Lipinski definition) is 1. The molecule has 2 heterocycles. The van der Waals surface area contributed by atoms with E-state index in [2.05, 4.69) is 10.3 Å². The second-order valence-corrected chi connectivity index (χ2v) is 9.38. The number of hydrogen-bond acceptors (Lipinski definition) is 6. The molecule has 7 nitrogen and oxygen atoms in total. The molecule has 0 aliphatic rings. The van der Waals surface area contributed by atoms with Crippen molar-refractivity contribution in [3.63, 3.8) is 0 Å². The Bertz CT molecular complexity index is 1310. The summed E-state index contributed by atoms with van der Waals surface area (Å²) in [6, 6.07) is 12.3. The van der Waals surface area contributed by atoms with E-state index >= 15 is 0 Å². The second kappa shape index (κ2) is 6.92. The molecule has 0 aliphatic heterocycles. The summed E-state index contributed by atoms with van der Waals surface area (Å²) in [4.78, 5) is 17.1. The van der Waals surface area contributed by atoms with Gasteiger partial charge in [0.15, 0.2) is 15.0 Å². The van der Waals surface area contributed by atoms with Gasteiger partial charge in [-0.3, -0.25) is 4.79 Å². The molecule has 9 heteroatoms. The van der Waals surface area contributed by atoms with Crippen molar-refractivity contribution >= 4 is 53.3 Å². The maximum Gasteiger partial charge on any atom is 0.246 e. The van der Waals surface area contributed by atoms with E-state index in [1.165, 1.54) is 17.4 Å². The number of thiazole rings is 1. The molecule has 1 N–H and O–H groups in total. The van der Waals surface area contributed by atoms with Crippen LogP contribution >= 0.6 is 11.3 Å². The van der Waals surface area contributed by atoms with Gasteiger partial charge in [-0.05, 0) is 42.5 Å². The Balaban J connectivity index is 1.54. The summed E-state index contributed by atoms with van der Waals surface area (Å²) in [5.41, 5.74) is 1.57. The Hall–Kier alpha value is -2.91. The van der Waals surface area contributed by atoms with Crippen LogP contribution < -0.4 is 10.1 Å². The van der Waals surface area contributed by atoms with Gasteiger partial charge in [-0.1, -0.05) is 11.3 Å². The van der Waals surface area contributed by atoms with Gasteiger partial charge in [-0.15, -0.1) is 0 Å². The molecule has 28 heavy (non-hydrogen) atoms. The lowest BCUT2D eigenvalue weighted by Gasteiger charge is -2.06. The van der Waals surface area contributed by atoms with Crippen LogP contribution in [0.5, 0.6) is 5.75 Å². The monoisotopic (exact) mass is 415 g/mol. The third kappa shape index (κ3) is 3.58. The SMILES string of the molecule is COc1ccc2c(ccn2CC(=O)Nc2nc3ccc(S(C)(=O)=O)cc3s2)c1. The lowest BCUT2D eigenvalue weighted by atomic mass is 10.2. The number of benzene rings is 2. The summed E-state index contributed by atoms with van der Waals surface area (Å²) >= 11 is 1.24. The smallest absolute Gasteiger partial charge is 0.246 e. The van der Waals surface area contributed by atoms with Crippen molar-refractivity contribution in [3.8, 4) is 5.75 Å². The van der Waals surface area contributed by atoms with Gasteiger partial charge >= 0.3 is 0 Å². The summed E-state index contributed by atoms with van der Waals surface area (Å²) in [6.45, 7) is 0.139. The van der Waals surface area contributed by atoms with Crippen LogP contribution in [-0.2, 0) is 21.2 Å². The number of methoxy groups -OCH3 is 1. The molecule has 0 aliphatic carbocycles. The fourth-order valence-electron chi connectivity index (χ4n) is 2.95. The minimum absolute atomic E-state index is 0.139. The summed E-state index contributed by atoms with van der Waals surface area (Å²) in [6.07, 6.45) is 3.01. The summed E-state index contributed by atoms with van der Waals surface area (Å²) in [7, 11) is -1.68. The van der Waals surface area contributed by atoms with Crippen molar-refractivity contribution in [2.45, 2.75) is 11.4 Å². The van der Waals surface area contributed by atoms with Crippen molar-refractivity contribution in [3.05, 3.63) is 48.7 Å². The average molecular weight is 415 g/mol. The largest absolute Gasteiger partial charge is 0.497 e. The van der Waals surface area contributed by atoms with Crippen LogP contribution in [0.4, 0.5) is 5.13 Å². The van der Waals surface area contributed by atoms with E-state index < -0.39 is 9.84 Å². The molecular weight excluding hydrogens is 398 g/mol. The number of aromatic nitrogens is 2. The normalized spacial score (nSPS) is 11.8. The van der Waals surface area contributed by atoms with Crippen molar-refractivity contribution in [2.75, 3.05) is 18.7 Å². The zero-order valence-electron chi connectivity index (χ0n) is 15.2. The molecule has 0 saturated heterocycles. The fourth-order valence-corrected chi connectivity index (χ4v) is 4.59. The van der Waals surface area contributed by atoms with E-state index in [4.69, 9.17) is 4.74 Å². The first-order chi connectivity index (χ1) is 13.3. The number of rotatable bonds is 5. The van der Waals surface area contributed by atoms with Gasteiger partial charge < -0.3 is 14.6 Å². The minimum Gasteiger partial charge on any atom is -0.497 e. The highest BCUT2D eigenvalue weighted by Crippen LogP contribution is 2.28. The maximum atomic E-state index is 12.5. The van der Waals surface area contributed by atoms with Crippen LogP contribution in [0.3, 0.4) is 0 Å². The van der Waals surface area contributed by atoms with Gasteiger partial charge in [0.05, 0.1) is 22.2 Å². The second-order valence-electron chi connectivity index (χ2n) is 6.34. The minimum atomic E-state index is -3.29. The zero-order chi connectivity index (χ0) is 19.9. The van der Waals surface area contributed by atoms with Gasteiger partial charge in [0, 0.05) is 23.4 Å². The predicted octanol–water partition coefficient (Wildman–Crippen LogP) is 3.30. The molecule has 0 saturated carbocycles. The van der Waals surface area contributed by atoms with Crippen LogP contribution in [0.15, 0.2) is 53.6 Å². The Morgan fingerprint density at radius 2 is 2.04 bits per heavy atom. The molecule has 144 valence electrons. The lowest BCUT2D eigenvalue weighted by molar-refractivity contribution is -0.116. The Labute approximate surface area is 165 Å². The van der Waals surface area contributed by atoms with Crippen LogP contribution in [0, 0.1) is 0 Å². The predicted molar refractivity (Wildman–Crippen MR) is 110 cm³/mol. The number of sulfone groups is 1. The van der Waals surface area contributed by atoms with Crippen molar-refractivity contribution < 1.29 is 17.9 Å². The van der Waals surface area contributed by atoms with Gasteiger partial charge in [-0.2, -0.15) is 0 Å². The molecule has 2 aromatic carbocycles. The molecule has 1 amide bonds. The summed E-state index contributed by atoms with van der Waals surface area (Å²) in [5.74, 6) is 0.549. The average Bonchev–Trinajstić information content (AvgIpc) is 3.23. The number of amides is 1. The number of anilines is 1. The van der Waals surface area contributed by atoms with E-state index in [-0.39, 0.29) is 17.3 Å². The molecule has 0 radical (unpaired) electrons. The number of carbonyl (C=O) groups is 1. The first-order valence-electron chi connectivity index (χ1n) is 8.37. The molecule has 0 spiro atoms. The molecule has 2 aromatic heterocycles. The van der Waals surface area contributed by atoms with Gasteiger partial charge in [0.2, 0.25) is 5.91 Å². The highest BCUT2D eigenvalue weighted by atomic mass is 32.2. The Morgan fingerprint density at radius 1 is 1.21 bits per heavy atom. The van der Waals surface area contributed by atoms with E-state index in [1.54, 1.807) is 19.2 Å². The number of nitrogens with zero attached hydrogens (tertiary/aromatic N) is 2. The molecular formula is C19H17N3O4S2. The topological polar surface area (TPSA) is 90.3 Å². The van der Waals surface area contributed by atoms with Gasteiger partial charge in [0.25, 0.3) is 0 Å². The maximum absolute atomic E-state index is 12.5. The summed E-state index contributed by atoms with van der Waals surface area (Å²) in [5, 5.41) is 4.21. The highest BCUT2D eigenvalue weighted by Gasteiger charge is 2.13. The molecule has 4 aromatic rings. The number of fused-ring (bicyclic) bond motifs is 2. The molecule has 0 bridgehead atoms. The van der Waals surface area contributed by atoms with Crippen molar-refractivity contribution in [2.24, 2.45) is 0 Å². The molecule has 0 fully saturated rings. The third-order valence-electron chi connectivity index (χ3n) is 4.33. The van der Waals surface area contributed by atoms with E-state index in [0.29, 0.717) is 15.3 Å². The molecule has 0 unspecified atom stereocenters. The van der Waals surface area contributed by atoms with E-state index in [9.17, 15) is 13.2 Å². The van der Waals surface area contributed by atoms with Crippen LogP contribution in [-0.4, -0.2) is 37.2 Å². The van der Waals surface area contributed by atoms with E-state index in [0.717, 1.165) is 22.9 Å². The molecule has 0 atom stereocenters. The summed E-state index contributed by atoms with van der Waals surface area (Å²) < 4.78 is 31.1. The van der Waals surface area contributed by atoms with Crippen LogP contribution in [0.25, 0.3) is 21.1 Å².